The molecule has 6 nitrogen and oxygen atoms in total. The van der Waals surface area contributed by atoms with Crippen LogP contribution in [0.1, 0.15) is 56.6 Å². The minimum atomic E-state index is -3.71. The Labute approximate surface area is 179 Å². The fourth-order valence-electron chi connectivity index (χ4n) is 4.86. The zero-order valence-electron chi connectivity index (χ0n) is 17.9. The molecule has 0 bridgehead atoms. The Hall–Kier alpha value is -2.15. The molecule has 0 aromatic heterocycles. The molecular weight excluding hydrogens is 398 g/mol. The van der Waals surface area contributed by atoms with Gasteiger partial charge >= 0.3 is 0 Å². The molecule has 0 N–H and O–H groups in total. The molecule has 0 spiro atoms. The number of hydrogen-bond acceptors (Lipinski definition) is 4. The van der Waals surface area contributed by atoms with Crippen LogP contribution >= 0.6 is 0 Å². The molecule has 1 aromatic rings. The van der Waals surface area contributed by atoms with Crippen molar-refractivity contribution >= 4 is 26.7 Å². The Balaban J connectivity index is 1.48. The van der Waals surface area contributed by atoms with Crippen molar-refractivity contribution in [3.8, 4) is 0 Å². The Kier molecular flexibility index (Phi) is 6.00. The molecule has 4 rings (SSSR count). The quantitative estimate of drug-likeness (QED) is 0.736. The van der Waals surface area contributed by atoms with E-state index in [4.69, 9.17) is 0 Å². The second kappa shape index (κ2) is 8.53. The van der Waals surface area contributed by atoms with Crippen LogP contribution in [0.15, 0.2) is 34.2 Å². The van der Waals surface area contributed by atoms with Gasteiger partial charge < -0.3 is 9.80 Å². The summed E-state index contributed by atoms with van der Waals surface area (Å²) in [6.45, 7) is 6.50. The Bertz CT molecular complexity index is 973. The van der Waals surface area contributed by atoms with Crippen LogP contribution in [-0.4, -0.2) is 56.1 Å². The summed E-state index contributed by atoms with van der Waals surface area (Å²) >= 11 is 0. The normalized spacial score (nSPS) is 22.4. The monoisotopic (exact) mass is 429 g/mol. The molecule has 0 atom stereocenters. The van der Waals surface area contributed by atoms with Gasteiger partial charge in [-0.2, -0.15) is 8.42 Å². The molecular formula is C23H31N3O3S. The third-order valence-corrected chi connectivity index (χ3v) is 8.01. The van der Waals surface area contributed by atoms with E-state index in [2.05, 4.69) is 4.40 Å². The SMILES string of the molecule is CC1=C(c2ccc(C)cc2)S(=O)(=O)N=C1N1CCCN(C(=O)CC2CCCC2)CC1. The number of amidine groups is 1. The molecule has 1 saturated heterocycles. The molecule has 1 aromatic carbocycles. The standard InChI is InChI=1S/C23H31N3O3S/c1-17-8-10-20(11-9-17)22-18(2)23(24-30(22,28)29)26-13-5-12-25(14-15-26)21(27)16-19-6-3-4-7-19/h8-11,19H,3-7,12-16H2,1-2H3. The number of hydrogen-bond donors (Lipinski definition) is 0. The fraction of sp³-hybridized carbons (Fsp3) is 0.565. The van der Waals surface area contributed by atoms with Crippen LogP contribution in [0.4, 0.5) is 0 Å². The van der Waals surface area contributed by atoms with Crippen LogP contribution in [0.3, 0.4) is 0 Å². The van der Waals surface area contributed by atoms with Crippen LogP contribution in [0.2, 0.25) is 0 Å². The highest BCUT2D eigenvalue weighted by Crippen LogP contribution is 2.34. The van der Waals surface area contributed by atoms with Crippen LogP contribution < -0.4 is 0 Å². The summed E-state index contributed by atoms with van der Waals surface area (Å²) in [6.07, 6.45) is 6.32. The highest BCUT2D eigenvalue weighted by molar-refractivity contribution is 8.00. The molecule has 1 aliphatic carbocycles. The van der Waals surface area contributed by atoms with Crippen molar-refractivity contribution in [3.05, 3.63) is 41.0 Å². The van der Waals surface area contributed by atoms with Crippen LogP contribution in [-0.2, 0) is 14.8 Å². The maximum absolute atomic E-state index is 12.8. The number of carbonyl (C=O) groups excluding carboxylic acids is 1. The third-order valence-electron chi connectivity index (χ3n) is 6.54. The lowest BCUT2D eigenvalue weighted by molar-refractivity contribution is -0.132. The van der Waals surface area contributed by atoms with E-state index in [0.29, 0.717) is 53.9 Å². The molecule has 0 unspecified atom stereocenters. The van der Waals surface area contributed by atoms with Crippen LogP contribution in [0.25, 0.3) is 4.91 Å². The molecule has 2 heterocycles. The van der Waals surface area contributed by atoms with E-state index in [1.807, 2.05) is 47.9 Å². The number of sulfonamides is 1. The van der Waals surface area contributed by atoms with Crippen molar-refractivity contribution in [2.24, 2.45) is 10.3 Å². The lowest BCUT2D eigenvalue weighted by Crippen LogP contribution is -2.37. The van der Waals surface area contributed by atoms with Crippen molar-refractivity contribution in [1.82, 2.24) is 9.80 Å². The van der Waals surface area contributed by atoms with Gasteiger partial charge in [0.2, 0.25) is 5.91 Å². The van der Waals surface area contributed by atoms with Gasteiger partial charge in [0.1, 0.15) is 10.7 Å². The molecule has 2 aliphatic heterocycles. The predicted molar refractivity (Wildman–Crippen MR) is 119 cm³/mol. The molecule has 30 heavy (non-hydrogen) atoms. The van der Waals surface area contributed by atoms with Gasteiger partial charge in [0.05, 0.1) is 0 Å². The zero-order valence-corrected chi connectivity index (χ0v) is 18.7. The largest absolute Gasteiger partial charge is 0.354 e. The fourth-order valence-corrected chi connectivity index (χ4v) is 6.34. The lowest BCUT2D eigenvalue weighted by Gasteiger charge is -2.24. The van der Waals surface area contributed by atoms with Crippen molar-refractivity contribution in [1.29, 1.82) is 0 Å². The summed E-state index contributed by atoms with van der Waals surface area (Å²) in [6, 6.07) is 7.53. The molecule has 0 radical (unpaired) electrons. The Morgan fingerprint density at radius 1 is 1.00 bits per heavy atom. The third kappa shape index (κ3) is 4.31. The number of benzene rings is 1. The number of aryl methyl sites for hydroxylation is 1. The Morgan fingerprint density at radius 3 is 2.40 bits per heavy atom. The van der Waals surface area contributed by atoms with E-state index in [-0.39, 0.29) is 5.91 Å². The molecule has 7 heteroatoms. The smallest absolute Gasteiger partial charge is 0.285 e. The van der Waals surface area contributed by atoms with Gasteiger partial charge in [0, 0.05) is 38.2 Å². The second-order valence-electron chi connectivity index (χ2n) is 8.79. The summed E-state index contributed by atoms with van der Waals surface area (Å²) in [5.74, 6) is 1.33. The van der Waals surface area contributed by atoms with Gasteiger partial charge in [-0.05, 0) is 44.6 Å². The zero-order chi connectivity index (χ0) is 21.3. The maximum atomic E-state index is 12.8. The first-order valence-electron chi connectivity index (χ1n) is 11.0. The van der Waals surface area contributed by atoms with E-state index in [1.54, 1.807) is 0 Å². The summed E-state index contributed by atoms with van der Waals surface area (Å²) in [5.41, 5.74) is 2.47. The van der Waals surface area contributed by atoms with Gasteiger partial charge in [0.25, 0.3) is 10.0 Å². The average molecular weight is 430 g/mol. The van der Waals surface area contributed by atoms with Crippen LogP contribution in [0, 0.1) is 12.8 Å². The van der Waals surface area contributed by atoms with Crippen molar-refractivity contribution in [2.75, 3.05) is 26.2 Å². The Morgan fingerprint density at radius 2 is 1.70 bits per heavy atom. The summed E-state index contributed by atoms with van der Waals surface area (Å²) in [5, 5.41) is 0. The number of carbonyl (C=O) groups is 1. The van der Waals surface area contributed by atoms with Gasteiger partial charge in [-0.3, -0.25) is 4.79 Å². The second-order valence-corrected chi connectivity index (χ2v) is 10.3. The molecule has 1 amide bonds. The summed E-state index contributed by atoms with van der Waals surface area (Å²) < 4.78 is 29.8. The molecule has 2 fully saturated rings. The van der Waals surface area contributed by atoms with Crippen molar-refractivity contribution in [3.63, 3.8) is 0 Å². The van der Waals surface area contributed by atoms with Gasteiger partial charge in [0.15, 0.2) is 0 Å². The predicted octanol–water partition coefficient (Wildman–Crippen LogP) is 3.58. The van der Waals surface area contributed by atoms with E-state index < -0.39 is 10.0 Å². The summed E-state index contributed by atoms with van der Waals surface area (Å²) in [7, 11) is -3.71. The average Bonchev–Trinajstić information content (AvgIpc) is 3.19. The number of nitrogens with zero attached hydrogens (tertiary/aromatic N) is 3. The minimum absolute atomic E-state index is 0.248. The highest BCUT2D eigenvalue weighted by atomic mass is 32.2. The molecule has 162 valence electrons. The topological polar surface area (TPSA) is 70.1 Å². The van der Waals surface area contributed by atoms with Gasteiger partial charge in [-0.1, -0.05) is 42.7 Å². The lowest BCUT2D eigenvalue weighted by atomic mass is 10.0. The van der Waals surface area contributed by atoms with E-state index in [1.165, 1.54) is 25.7 Å². The molecule has 3 aliphatic rings. The van der Waals surface area contributed by atoms with Gasteiger partial charge in [-0.15, -0.1) is 4.40 Å². The van der Waals surface area contributed by atoms with Crippen molar-refractivity contribution in [2.45, 2.75) is 52.4 Å². The molecule has 1 saturated carbocycles. The van der Waals surface area contributed by atoms with Crippen LogP contribution in [0.5, 0.6) is 0 Å². The number of amides is 1. The first-order valence-corrected chi connectivity index (χ1v) is 12.4. The first-order chi connectivity index (χ1) is 14.3. The van der Waals surface area contributed by atoms with E-state index in [0.717, 1.165) is 18.5 Å². The van der Waals surface area contributed by atoms with Crippen molar-refractivity contribution < 1.29 is 13.2 Å². The van der Waals surface area contributed by atoms with E-state index >= 15 is 0 Å². The summed E-state index contributed by atoms with van der Waals surface area (Å²) in [4.78, 5) is 17.0. The van der Waals surface area contributed by atoms with Gasteiger partial charge in [-0.25, -0.2) is 0 Å². The number of rotatable bonds is 3. The van der Waals surface area contributed by atoms with E-state index in [9.17, 15) is 13.2 Å². The maximum Gasteiger partial charge on any atom is 0.285 e. The first kappa shape index (κ1) is 21.1. The minimum Gasteiger partial charge on any atom is -0.354 e. The highest BCUT2D eigenvalue weighted by Gasteiger charge is 2.34.